The van der Waals surface area contributed by atoms with Gasteiger partial charge in [-0.05, 0) is 24.6 Å². The van der Waals surface area contributed by atoms with Crippen LogP contribution in [0, 0.1) is 0 Å². The van der Waals surface area contributed by atoms with Gasteiger partial charge in [-0.25, -0.2) is 4.98 Å². The van der Waals surface area contributed by atoms with E-state index in [1.54, 1.807) is 6.26 Å². The van der Waals surface area contributed by atoms with Gasteiger partial charge >= 0.3 is 0 Å². The summed E-state index contributed by atoms with van der Waals surface area (Å²) in [6.07, 6.45) is 3.38. The molecule has 2 aromatic rings. The van der Waals surface area contributed by atoms with Gasteiger partial charge in [0, 0.05) is 45.6 Å². The molecule has 0 fully saturated rings. The maximum Gasteiger partial charge on any atom is 0.111 e. The van der Waals surface area contributed by atoms with Crippen LogP contribution in [0.3, 0.4) is 0 Å². The molecule has 0 saturated carbocycles. The first kappa shape index (κ1) is 16.0. The van der Waals surface area contributed by atoms with E-state index in [0.29, 0.717) is 5.88 Å². The van der Waals surface area contributed by atoms with Crippen molar-refractivity contribution >= 4 is 49.4 Å². The Kier molecular flexibility index (Phi) is 5.64. The number of imidazole rings is 1. The van der Waals surface area contributed by atoms with Crippen molar-refractivity contribution in [3.05, 3.63) is 28.5 Å². The minimum atomic E-state index is -0.787. The van der Waals surface area contributed by atoms with E-state index >= 15 is 0 Å². The minimum Gasteiger partial charge on any atom is -0.328 e. The number of nitrogens with zero attached hydrogens (tertiary/aromatic N) is 2. The van der Waals surface area contributed by atoms with E-state index in [-0.39, 0.29) is 5.25 Å². The molecule has 0 aliphatic carbocycles. The lowest BCUT2D eigenvalue weighted by Crippen LogP contribution is -2.14. The lowest BCUT2D eigenvalue weighted by atomic mass is 10.3. The first-order valence-corrected chi connectivity index (χ1v) is 9.50. The molecule has 0 aliphatic heterocycles. The summed E-state index contributed by atoms with van der Waals surface area (Å²) in [4.78, 5) is 4.66. The van der Waals surface area contributed by atoms with Gasteiger partial charge in [-0.3, -0.25) is 4.21 Å². The second-order valence-corrected chi connectivity index (χ2v) is 7.95. The summed E-state index contributed by atoms with van der Waals surface area (Å²) in [5.74, 6) is 1.56. The zero-order valence-electron chi connectivity index (χ0n) is 11.6. The largest absolute Gasteiger partial charge is 0.328 e. The molecule has 0 amide bonds. The lowest BCUT2D eigenvalue weighted by Gasteiger charge is -2.12. The average molecular weight is 378 g/mol. The van der Waals surface area contributed by atoms with Gasteiger partial charge in [0.25, 0.3) is 0 Å². The van der Waals surface area contributed by atoms with Gasteiger partial charge in [0.05, 0.1) is 11.0 Å². The molecule has 110 valence electrons. The number of rotatable bonds is 6. The zero-order valence-corrected chi connectivity index (χ0v) is 14.8. The van der Waals surface area contributed by atoms with E-state index < -0.39 is 10.8 Å². The molecule has 2 unspecified atom stereocenters. The Labute approximate surface area is 135 Å². The third kappa shape index (κ3) is 3.62. The molecule has 6 heteroatoms. The normalized spacial score (nSPS) is 14.6. The van der Waals surface area contributed by atoms with Crippen LogP contribution in [-0.4, -0.2) is 31.1 Å². The molecule has 2 rings (SSSR count). The molecule has 1 heterocycles. The number of aromatic nitrogens is 2. The summed E-state index contributed by atoms with van der Waals surface area (Å²) in [5, 5.41) is 0.187. The van der Waals surface area contributed by atoms with E-state index in [2.05, 4.69) is 31.5 Å². The fourth-order valence-electron chi connectivity index (χ4n) is 2.15. The Morgan fingerprint density at radius 2 is 2.25 bits per heavy atom. The number of benzene rings is 1. The van der Waals surface area contributed by atoms with E-state index in [0.717, 1.165) is 40.7 Å². The average Bonchev–Trinajstić information content (AvgIpc) is 2.72. The third-order valence-electron chi connectivity index (χ3n) is 3.43. The molecule has 3 nitrogen and oxygen atoms in total. The second kappa shape index (κ2) is 7.05. The third-order valence-corrected chi connectivity index (χ3v) is 5.48. The van der Waals surface area contributed by atoms with Crippen molar-refractivity contribution in [3.8, 4) is 0 Å². The summed E-state index contributed by atoms with van der Waals surface area (Å²) in [5.41, 5.74) is 2.09. The summed E-state index contributed by atoms with van der Waals surface area (Å²) in [7, 11) is -0.787. The van der Waals surface area contributed by atoms with E-state index in [1.165, 1.54) is 0 Å². The van der Waals surface area contributed by atoms with Crippen molar-refractivity contribution in [2.45, 2.75) is 31.6 Å². The number of halogens is 2. The molecule has 1 aromatic heterocycles. The minimum absolute atomic E-state index is 0.187. The van der Waals surface area contributed by atoms with Gasteiger partial charge in [0.15, 0.2) is 0 Å². The summed E-state index contributed by atoms with van der Waals surface area (Å²) in [6.45, 7) is 2.85. The lowest BCUT2D eigenvalue weighted by molar-refractivity contribution is 0.611. The van der Waals surface area contributed by atoms with Crippen molar-refractivity contribution in [2.24, 2.45) is 0 Å². The van der Waals surface area contributed by atoms with Crippen LogP contribution in [0.4, 0.5) is 0 Å². The quantitative estimate of drug-likeness (QED) is 0.719. The molecule has 2 atom stereocenters. The molecular weight excluding hydrogens is 360 g/mol. The molecule has 20 heavy (non-hydrogen) atoms. The molecule has 0 bridgehead atoms. The summed E-state index contributed by atoms with van der Waals surface area (Å²) in [6, 6.07) is 6.11. The maximum absolute atomic E-state index is 11.5. The van der Waals surface area contributed by atoms with Gasteiger partial charge in [0.1, 0.15) is 5.82 Å². The van der Waals surface area contributed by atoms with Crippen molar-refractivity contribution in [1.82, 2.24) is 9.55 Å². The summed E-state index contributed by atoms with van der Waals surface area (Å²) >= 11 is 9.34. The van der Waals surface area contributed by atoms with E-state index in [4.69, 9.17) is 11.6 Å². The number of fused-ring (bicyclic) bond motifs is 1. The Morgan fingerprint density at radius 1 is 1.50 bits per heavy atom. The number of alkyl halides is 1. The standard InChI is InChI=1S/C14H18BrClN2OS/c1-10(20(2)19)6-8-18-13-4-3-11(15)9-12(13)17-14(18)5-7-16/h3-4,9-10H,5-8H2,1-2H3. The number of aryl methyl sites for hydroxylation is 2. The molecule has 0 saturated heterocycles. The fraction of sp³-hybridized carbons (Fsp3) is 0.500. The van der Waals surface area contributed by atoms with Crippen LogP contribution in [0.1, 0.15) is 19.2 Å². The van der Waals surface area contributed by atoms with Crippen molar-refractivity contribution in [1.29, 1.82) is 0 Å². The highest BCUT2D eigenvalue weighted by molar-refractivity contribution is 9.10. The first-order chi connectivity index (χ1) is 9.52. The van der Waals surface area contributed by atoms with Gasteiger partial charge in [-0.15, -0.1) is 11.6 Å². The van der Waals surface area contributed by atoms with E-state index in [9.17, 15) is 4.21 Å². The van der Waals surface area contributed by atoms with E-state index in [1.807, 2.05) is 19.1 Å². The predicted octanol–water partition coefficient (Wildman–Crippen LogP) is 3.74. The molecule has 0 aliphatic rings. The molecule has 0 spiro atoms. The van der Waals surface area contributed by atoms with Crippen LogP contribution < -0.4 is 0 Å². The monoisotopic (exact) mass is 376 g/mol. The smallest absolute Gasteiger partial charge is 0.111 e. The molecular formula is C14H18BrClN2OS. The van der Waals surface area contributed by atoms with Gasteiger partial charge in [0.2, 0.25) is 0 Å². The van der Waals surface area contributed by atoms with Crippen LogP contribution in [0.25, 0.3) is 11.0 Å². The van der Waals surface area contributed by atoms with Crippen LogP contribution in [0.5, 0.6) is 0 Å². The van der Waals surface area contributed by atoms with Crippen LogP contribution in [0.2, 0.25) is 0 Å². The zero-order chi connectivity index (χ0) is 14.7. The van der Waals surface area contributed by atoms with Gasteiger partial charge < -0.3 is 4.57 Å². The highest BCUT2D eigenvalue weighted by atomic mass is 79.9. The first-order valence-electron chi connectivity index (χ1n) is 6.55. The highest BCUT2D eigenvalue weighted by Crippen LogP contribution is 2.22. The second-order valence-electron chi connectivity index (χ2n) is 4.85. The maximum atomic E-state index is 11.5. The molecule has 0 N–H and O–H groups in total. The Bertz CT molecular complexity index is 629. The number of hydrogen-bond acceptors (Lipinski definition) is 2. The summed E-state index contributed by atoms with van der Waals surface area (Å²) < 4.78 is 14.7. The van der Waals surface area contributed by atoms with Crippen molar-refractivity contribution in [2.75, 3.05) is 12.1 Å². The van der Waals surface area contributed by atoms with Crippen LogP contribution >= 0.6 is 27.5 Å². The van der Waals surface area contributed by atoms with Crippen LogP contribution in [0.15, 0.2) is 22.7 Å². The Balaban J connectivity index is 2.33. The topological polar surface area (TPSA) is 34.9 Å². The van der Waals surface area contributed by atoms with Crippen molar-refractivity contribution < 1.29 is 4.21 Å². The number of hydrogen-bond donors (Lipinski definition) is 0. The SMILES string of the molecule is CC(CCn1c(CCCl)nc2cc(Br)ccc21)S(C)=O. The Hall–Kier alpha value is -0.390. The Morgan fingerprint density at radius 3 is 2.90 bits per heavy atom. The fourth-order valence-corrected chi connectivity index (χ4v) is 3.11. The highest BCUT2D eigenvalue weighted by Gasteiger charge is 2.13. The molecule has 0 radical (unpaired) electrons. The van der Waals surface area contributed by atoms with Crippen LogP contribution in [-0.2, 0) is 23.8 Å². The predicted molar refractivity (Wildman–Crippen MR) is 90.0 cm³/mol. The van der Waals surface area contributed by atoms with Gasteiger partial charge in [-0.1, -0.05) is 22.9 Å². The van der Waals surface area contributed by atoms with Gasteiger partial charge in [-0.2, -0.15) is 0 Å². The van der Waals surface area contributed by atoms with Crippen molar-refractivity contribution in [3.63, 3.8) is 0 Å². The molecule has 1 aromatic carbocycles.